The van der Waals surface area contributed by atoms with Gasteiger partial charge in [0.2, 0.25) is 5.91 Å². The molecule has 3 aromatic rings. The summed E-state index contributed by atoms with van der Waals surface area (Å²) in [6.45, 7) is 1.52. The Kier molecular flexibility index (Phi) is 5.08. The molecule has 0 atom stereocenters. The van der Waals surface area contributed by atoms with Crippen molar-refractivity contribution in [2.45, 2.75) is 12.8 Å². The van der Waals surface area contributed by atoms with Crippen LogP contribution >= 0.6 is 11.3 Å². The first-order chi connectivity index (χ1) is 13.7. The number of methoxy groups -OCH3 is 1. The highest BCUT2D eigenvalue weighted by atomic mass is 32.1. The smallest absolute Gasteiger partial charge is 0.229 e. The summed E-state index contributed by atoms with van der Waals surface area (Å²) in [5.74, 6) is 1.59. The van der Waals surface area contributed by atoms with Crippen molar-refractivity contribution in [1.82, 2.24) is 9.97 Å². The fraction of sp³-hybridized carbons (Fsp3) is 0.300. The molecule has 2 aromatic heterocycles. The lowest BCUT2D eigenvalue weighted by Crippen LogP contribution is -2.38. The quantitative estimate of drug-likeness (QED) is 0.730. The largest absolute Gasteiger partial charge is 0.497 e. The first-order valence-corrected chi connectivity index (χ1v) is 9.84. The van der Waals surface area contributed by atoms with E-state index in [9.17, 15) is 4.79 Å². The van der Waals surface area contributed by atoms with Gasteiger partial charge in [0.1, 0.15) is 17.6 Å². The van der Waals surface area contributed by atoms with Crippen LogP contribution in [0.3, 0.4) is 0 Å². The fourth-order valence-electron chi connectivity index (χ4n) is 3.30. The van der Waals surface area contributed by atoms with E-state index in [2.05, 4.69) is 26.3 Å². The van der Waals surface area contributed by atoms with Crippen molar-refractivity contribution in [2.75, 3.05) is 30.4 Å². The third kappa shape index (κ3) is 3.75. The molecule has 7 nitrogen and oxygen atoms in total. The van der Waals surface area contributed by atoms with Gasteiger partial charge in [-0.2, -0.15) is 5.26 Å². The lowest BCUT2D eigenvalue weighted by molar-refractivity contribution is -0.120. The first-order valence-electron chi connectivity index (χ1n) is 9.03. The molecule has 0 bridgehead atoms. The molecule has 142 valence electrons. The van der Waals surface area contributed by atoms with Gasteiger partial charge in [-0.1, -0.05) is 11.3 Å². The van der Waals surface area contributed by atoms with E-state index < -0.39 is 0 Å². The number of aromatic nitrogens is 2. The van der Waals surface area contributed by atoms with Crippen molar-refractivity contribution < 1.29 is 9.53 Å². The van der Waals surface area contributed by atoms with Gasteiger partial charge >= 0.3 is 0 Å². The number of anilines is 2. The van der Waals surface area contributed by atoms with Gasteiger partial charge in [0, 0.05) is 25.2 Å². The van der Waals surface area contributed by atoms with Crippen LogP contribution in [0.25, 0.3) is 10.2 Å². The molecule has 4 rings (SSSR count). The Morgan fingerprint density at radius 3 is 2.82 bits per heavy atom. The zero-order valence-corrected chi connectivity index (χ0v) is 16.2. The van der Waals surface area contributed by atoms with Crippen LogP contribution in [0.1, 0.15) is 18.4 Å². The van der Waals surface area contributed by atoms with E-state index in [4.69, 9.17) is 10.00 Å². The van der Waals surface area contributed by atoms with Gasteiger partial charge in [0.25, 0.3) is 0 Å². The van der Waals surface area contributed by atoms with E-state index in [1.54, 1.807) is 19.4 Å². The summed E-state index contributed by atoms with van der Waals surface area (Å²) in [5, 5.41) is 12.5. The van der Waals surface area contributed by atoms with E-state index in [0.717, 1.165) is 47.7 Å². The fourth-order valence-corrected chi connectivity index (χ4v) is 4.20. The molecule has 0 unspecified atom stereocenters. The molecule has 8 heteroatoms. The number of carbonyl (C=O) groups is 1. The van der Waals surface area contributed by atoms with Gasteiger partial charge in [0.15, 0.2) is 5.13 Å². The van der Waals surface area contributed by atoms with E-state index in [1.165, 1.54) is 11.3 Å². The molecule has 1 aliphatic heterocycles. The molecule has 0 spiro atoms. The van der Waals surface area contributed by atoms with Gasteiger partial charge in [-0.05, 0) is 43.2 Å². The number of ether oxygens (including phenoxy) is 1. The molecule has 0 aliphatic carbocycles. The molecule has 1 saturated heterocycles. The zero-order chi connectivity index (χ0) is 19.5. The SMILES string of the molecule is COc1ccc2nc(NC(=O)C3CCN(c4ccc(C#N)cn4)CC3)sc2c1. The van der Waals surface area contributed by atoms with E-state index in [1.807, 2.05) is 24.3 Å². The number of hydrogen-bond acceptors (Lipinski definition) is 7. The van der Waals surface area contributed by atoms with Crippen molar-refractivity contribution >= 4 is 38.4 Å². The zero-order valence-electron chi connectivity index (χ0n) is 15.4. The summed E-state index contributed by atoms with van der Waals surface area (Å²) in [4.78, 5) is 23.6. The van der Waals surface area contributed by atoms with Gasteiger partial charge in [-0.3, -0.25) is 4.79 Å². The molecule has 1 N–H and O–H groups in total. The Bertz CT molecular complexity index is 1030. The lowest BCUT2D eigenvalue weighted by Gasteiger charge is -2.31. The van der Waals surface area contributed by atoms with Crippen molar-refractivity contribution in [3.05, 3.63) is 42.1 Å². The molecular weight excluding hydrogens is 374 g/mol. The van der Waals surface area contributed by atoms with Crippen molar-refractivity contribution in [3.63, 3.8) is 0 Å². The third-order valence-corrected chi connectivity index (χ3v) is 5.83. The molecule has 0 saturated carbocycles. The van der Waals surface area contributed by atoms with Crippen molar-refractivity contribution in [1.29, 1.82) is 5.26 Å². The number of carbonyl (C=O) groups excluding carboxylic acids is 1. The number of piperidine rings is 1. The second kappa shape index (κ2) is 7.82. The molecule has 0 radical (unpaired) electrons. The Labute approximate surface area is 166 Å². The van der Waals surface area contributed by atoms with Crippen LogP contribution < -0.4 is 15.0 Å². The number of fused-ring (bicyclic) bond motifs is 1. The highest BCUT2D eigenvalue weighted by molar-refractivity contribution is 7.22. The van der Waals surface area contributed by atoms with E-state index in [-0.39, 0.29) is 11.8 Å². The average Bonchev–Trinajstić information content (AvgIpc) is 3.15. The molecule has 3 heterocycles. The van der Waals surface area contributed by atoms with E-state index in [0.29, 0.717) is 10.7 Å². The van der Waals surface area contributed by atoms with Crippen LogP contribution in [-0.2, 0) is 4.79 Å². The molecular formula is C20H19N5O2S. The third-order valence-electron chi connectivity index (χ3n) is 4.89. The van der Waals surface area contributed by atoms with Gasteiger partial charge in [-0.25, -0.2) is 9.97 Å². The normalized spacial score (nSPS) is 14.6. The maximum absolute atomic E-state index is 12.7. The standard InChI is InChI=1S/C20H19N5O2S/c1-27-15-3-4-16-17(10-15)28-20(23-16)24-19(26)14-6-8-25(9-7-14)18-5-2-13(11-21)12-22-18/h2-5,10,12,14H,6-9H2,1H3,(H,23,24,26). The number of nitrogens with one attached hydrogen (secondary N) is 1. The monoisotopic (exact) mass is 393 g/mol. The van der Waals surface area contributed by atoms with Gasteiger partial charge in [0.05, 0.1) is 22.9 Å². The highest BCUT2D eigenvalue weighted by Crippen LogP contribution is 2.30. The Balaban J connectivity index is 1.36. The number of nitriles is 1. The van der Waals surface area contributed by atoms with Crippen LogP contribution in [0.4, 0.5) is 10.9 Å². The number of amides is 1. The number of benzene rings is 1. The van der Waals surface area contributed by atoms with Crippen LogP contribution in [0.2, 0.25) is 0 Å². The maximum atomic E-state index is 12.7. The van der Waals surface area contributed by atoms with Crippen LogP contribution in [0.15, 0.2) is 36.5 Å². The average molecular weight is 393 g/mol. The maximum Gasteiger partial charge on any atom is 0.229 e. The number of hydrogen-bond donors (Lipinski definition) is 1. The molecule has 1 aliphatic rings. The number of nitrogens with zero attached hydrogens (tertiary/aromatic N) is 4. The lowest BCUT2D eigenvalue weighted by atomic mass is 9.96. The minimum absolute atomic E-state index is 0.0125. The predicted molar refractivity (Wildman–Crippen MR) is 109 cm³/mol. The van der Waals surface area contributed by atoms with Gasteiger partial charge in [-0.15, -0.1) is 0 Å². The minimum Gasteiger partial charge on any atom is -0.497 e. The topological polar surface area (TPSA) is 91.1 Å². The van der Waals surface area contributed by atoms with Crippen LogP contribution in [0, 0.1) is 17.2 Å². The highest BCUT2D eigenvalue weighted by Gasteiger charge is 2.26. The summed E-state index contributed by atoms with van der Waals surface area (Å²) in [7, 11) is 1.63. The number of rotatable bonds is 4. The first kappa shape index (κ1) is 18.2. The molecule has 1 amide bonds. The summed E-state index contributed by atoms with van der Waals surface area (Å²) in [5.41, 5.74) is 1.40. The molecule has 1 fully saturated rings. The Morgan fingerprint density at radius 2 is 2.14 bits per heavy atom. The summed E-state index contributed by atoms with van der Waals surface area (Å²) in [6, 6.07) is 11.4. The Hall–Kier alpha value is -3.18. The van der Waals surface area contributed by atoms with Crippen molar-refractivity contribution in [3.8, 4) is 11.8 Å². The summed E-state index contributed by atoms with van der Waals surface area (Å²) < 4.78 is 6.22. The van der Waals surface area contributed by atoms with Crippen LogP contribution in [0.5, 0.6) is 5.75 Å². The number of pyridine rings is 1. The molecule has 1 aromatic carbocycles. The second-order valence-corrected chi connectivity index (χ2v) is 7.65. The van der Waals surface area contributed by atoms with Crippen molar-refractivity contribution in [2.24, 2.45) is 5.92 Å². The minimum atomic E-state index is -0.0452. The number of thiazole rings is 1. The van der Waals surface area contributed by atoms with Crippen LogP contribution in [-0.4, -0.2) is 36.1 Å². The predicted octanol–water partition coefficient (Wildman–Crippen LogP) is 3.43. The summed E-state index contributed by atoms with van der Waals surface area (Å²) >= 11 is 1.45. The molecule has 28 heavy (non-hydrogen) atoms. The summed E-state index contributed by atoms with van der Waals surface area (Å²) in [6.07, 6.45) is 3.09. The Morgan fingerprint density at radius 1 is 1.32 bits per heavy atom. The van der Waals surface area contributed by atoms with Gasteiger partial charge < -0.3 is 15.0 Å². The van der Waals surface area contributed by atoms with E-state index >= 15 is 0 Å². The second-order valence-electron chi connectivity index (χ2n) is 6.62.